The monoisotopic (exact) mass is 246 g/mol. The molecular formula is C9H8Cl2N2O2. The minimum absolute atomic E-state index is 0. The van der Waals surface area contributed by atoms with Gasteiger partial charge in [-0.05, 0) is 6.07 Å². The third-order valence-corrected chi connectivity index (χ3v) is 2.07. The molecule has 2 heterocycles. The van der Waals surface area contributed by atoms with E-state index in [9.17, 15) is 4.79 Å². The van der Waals surface area contributed by atoms with Gasteiger partial charge in [0.15, 0.2) is 5.65 Å². The van der Waals surface area contributed by atoms with Crippen LogP contribution in [0.2, 0.25) is 5.02 Å². The van der Waals surface area contributed by atoms with Crippen molar-refractivity contribution >= 4 is 35.6 Å². The van der Waals surface area contributed by atoms with Crippen LogP contribution in [0.25, 0.3) is 5.65 Å². The molecule has 2 aromatic heterocycles. The van der Waals surface area contributed by atoms with Crippen molar-refractivity contribution in [2.45, 2.75) is 0 Å². The quantitative estimate of drug-likeness (QED) is 0.725. The molecule has 0 aromatic carbocycles. The van der Waals surface area contributed by atoms with Crippen LogP contribution in [-0.4, -0.2) is 22.5 Å². The van der Waals surface area contributed by atoms with Crippen molar-refractivity contribution in [1.29, 1.82) is 0 Å². The average Bonchev–Trinajstić information content (AvgIpc) is 2.62. The molecule has 0 atom stereocenters. The fourth-order valence-corrected chi connectivity index (χ4v) is 1.47. The summed E-state index contributed by atoms with van der Waals surface area (Å²) in [5.41, 5.74) is 0.909. The molecule has 0 spiro atoms. The van der Waals surface area contributed by atoms with Crippen LogP contribution in [0.3, 0.4) is 0 Å². The SMILES string of the molecule is COC(=O)c1cc(Cl)cn2ccnc12.Cl. The summed E-state index contributed by atoms with van der Waals surface area (Å²) >= 11 is 5.83. The number of ether oxygens (including phenoxy) is 1. The average molecular weight is 247 g/mol. The first-order valence-electron chi connectivity index (χ1n) is 3.93. The number of aromatic nitrogens is 2. The second kappa shape index (κ2) is 4.51. The molecule has 0 unspecified atom stereocenters. The van der Waals surface area contributed by atoms with E-state index in [1.165, 1.54) is 13.2 Å². The summed E-state index contributed by atoms with van der Waals surface area (Å²) in [5, 5.41) is 0.468. The van der Waals surface area contributed by atoms with Crippen LogP contribution in [0.1, 0.15) is 10.4 Å². The van der Waals surface area contributed by atoms with Crippen LogP contribution in [0.4, 0.5) is 0 Å². The van der Waals surface area contributed by atoms with Gasteiger partial charge in [-0.25, -0.2) is 9.78 Å². The van der Waals surface area contributed by atoms with Gasteiger partial charge < -0.3 is 9.14 Å². The van der Waals surface area contributed by atoms with E-state index in [2.05, 4.69) is 9.72 Å². The van der Waals surface area contributed by atoms with Gasteiger partial charge in [-0.2, -0.15) is 0 Å². The largest absolute Gasteiger partial charge is 0.465 e. The number of pyridine rings is 1. The highest BCUT2D eigenvalue weighted by Gasteiger charge is 2.12. The zero-order valence-corrected chi connectivity index (χ0v) is 9.38. The highest BCUT2D eigenvalue weighted by Crippen LogP contribution is 2.16. The Labute approximate surface area is 97.2 Å². The first kappa shape index (κ1) is 11.8. The zero-order valence-electron chi connectivity index (χ0n) is 7.81. The van der Waals surface area contributed by atoms with E-state index in [0.717, 1.165) is 0 Å². The smallest absolute Gasteiger partial charge is 0.341 e. The van der Waals surface area contributed by atoms with Crippen molar-refractivity contribution in [3.8, 4) is 0 Å². The minimum atomic E-state index is -0.441. The second-order valence-electron chi connectivity index (χ2n) is 2.72. The first-order chi connectivity index (χ1) is 6.72. The van der Waals surface area contributed by atoms with Gasteiger partial charge in [-0.3, -0.25) is 0 Å². The second-order valence-corrected chi connectivity index (χ2v) is 3.16. The number of hydrogen-bond donors (Lipinski definition) is 0. The predicted octanol–water partition coefficient (Wildman–Crippen LogP) is 2.20. The topological polar surface area (TPSA) is 43.6 Å². The number of halogens is 2. The Morgan fingerprint density at radius 1 is 1.60 bits per heavy atom. The summed E-state index contributed by atoms with van der Waals surface area (Å²) in [6.07, 6.45) is 4.99. The zero-order chi connectivity index (χ0) is 10.1. The third-order valence-electron chi connectivity index (χ3n) is 1.86. The summed E-state index contributed by atoms with van der Waals surface area (Å²) in [4.78, 5) is 15.4. The van der Waals surface area contributed by atoms with E-state index < -0.39 is 5.97 Å². The lowest BCUT2D eigenvalue weighted by atomic mass is 10.3. The van der Waals surface area contributed by atoms with Crippen molar-refractivity contribution in [3.63, 3.8) is 0 Å². The maximum absolute atomic E-state index is 11.3. The lowest BCUT2D eigenvalue weighted by molar-refractivity contribution is 0.0602. The van der Waals surface area contributed by atoms with Crippen LogP contribution in [0.5, 0.6) is 0 Å². The van der Waals surface area contributed by atoms with E-state index >= 15 is 0 Å². The number of carbonyl (C=O) groups is 1. The summed E-state index contributed by atoms with van der Waals surface area (Å²) in [6.45, 7) is 0. The van der Waals surface area contributed by atoms with Crippen LogP contribution in [0, 0.1) is 0 Å². The summed E-state index contributed by atoms with van der Waals surface area (Å²) in [5.74, 6) is -0.441. The van der Waals surface area contributed by atoms with Crippen molar-refractivity contribution < 1.29 is 9.53 Å². The standard InChI is InChI=1S/C9H7ClN2O2.ClH/c1-14-9(13)7-4-6(10)5-12-3-2-11-8(7)12;/h2-5H,1H3;1H. The number of esters is 1. The van der Waals surface area contributed by atoms with E-state index in [1.54, 1.807) is 23.0 Å². The number of imidazole rings is 1. The van der Waals surface area contributed by atoms with Crippen LogP contribution in [0.15, 0.2) is 24.7 Å². The third kappa shape index (κ3) is 2.06. The van der Waals surface area contributed by atoms with Gasteiger partial charge in [0.2, 0.25) is 0 Å². The molecule has 0 aliphatic heterocycles. The van der Waals surface area contributed by atoms with E-state index in [1.807, 2.05) is 0 Å². The Hall–Kier alpha value is -1.26. The number of hydrogen-bond acceptors (Lipinski definition) is 3. The highest BCUT2D eigenvalue weighted by molar-refractivity contribution is 6.31. The number of rotatable bonds is 1. The maximum atomic E-state index is 11.3. The predicted molar refractivity (Wildman–Crippen MR) is 58.8 cm³/mol. The van der Waals surface area contributed by atoms with E-state index in [4.69, 9.17) is 11.6 Å². The first-order valence-corrected chi connectivity index (χ1v) is 4.30. The molecule has 2 aromatic rings. The molecule has 0 N–H and O–H groups in total. The van der Waals surface area contributed by atoms with E-state index in [0.29, 0.717) is 16.2 Å². The summed E-state index contributed by atoms with van der Waals surface area (Å²) in [6, 6.07) is 1.54. The Kier molecular flexibility index (Phi) is 3.55. The molecule has 0 bridgehead atoms. The van der Waals surface area contributed by atoms with Crippen LogP contribution < -0.4 is 0 Å². The lowest BCUT2D eigenvalue weighted by Crippen LogP contribution is -2.04. The van der Waals surface area contributed by atoms with Crippen LogP contribution >= 0.6 is 24.0 Å². The number of fused-ring (bicyclic) bond motifs is 1. The summed E-state index contributed by atoms with van der Waals surface area (Å²) in [7, 11) is 1.32. The Morgan fingerprint density at radius 3 is 3.00 bits per heavy atom. The normalized spacial score (nSPS) is 9.73. The molecule has 0 saturated heterocycles. The van der Waals surface area contributed by atoms with E-state index in [-0.39, 0.29) is 12.4 Å². The Balaban J connectivity index is 0.00000112. The van der Waals surface area contributed by atoms with Crippen molar-refractivity contribution in [3.05, 3.63) is 35.2 Å². The van der Waals surface area contributed by atoms with Gasteiger partial charge in [0.1, 0.15) is 5.56 Å². The Bertz CT molecular complexity index is 496. The number of nitrogens with zero attached hydrogens (tertiary/aromatic N) is 2. The maximum Gasteiger partial charge on any atom is 0.341 e. The fourth-order valence-electron chi connectivity index (χ4n) is 1.26. The van der Waals surface area contributed by atoms with Crippen LogP contribution in [-0.2, 0) is 4.74 Å². The van der Waals surface area contributed by atoms with Gasteiger partial charge >= 0.3 is 5.97 Å². The van der Waals surface area contributed by atoms with Crippen molar-refractivity contribution in [2.24, 2.45) is 0 Å². The van der Waals surface area contributed by atoms with Crippen molar-refractivity contribution in [1.82, 2.24) is 9.38 Å². The molecule has 2 rings (SSSR count). The molecule has 80 valence electrons. The summed E-state index contributed by atoms with van der Waals surface area (Å²) < 4.78 is 6.29. The molecule has 0 aliphatic carbocycles. The molecule has 4 nitrogen and oxygen atoms in total. The molecular weight excluding hydrogens is 239 g/mol. The number of carbonyl (C=O) groups excluding carboxylic acids is 1. The Morgan fingerprint density at radius 2 is 2.33 bits per heavy atom. The molecule has 6 heteroatoms. The highest BCUT2D eigenvalue weighted by atomic mass is 35.5. The molecule has 0 fully saturated rings. The lowest BCUT2D eigenvalue weighted by Gasteiger charge is -2.02. The van der Waals surface area contributed by atoms with Gasteiger partial charge in [0.25, 0.3) is 0 Å². The minimum Gasteiger partial charge on any atom is -0.465 e. The molecule has 0 radical (unpaired) electrons. The molecule has 15 heavy (non-hydrogen) atoms. The van der Waals surface area contributed by atoms with Gasteiger partial charge in [-0.15, -0.1) is 12.4 Å². The number of methoxy groups -OCH3 is 1. The van der Waals surface area contributed by atoms with Crippen molar-refractivity contribution in [2.75, 3.05) is 7.11 Å². The van der Waals surface area contributed by atoms with Gasteiger partial charge in [-0.1, -0.05) is 11.6 Å². The van der Waals surface area contributed by atoms with Gasteiger partial charge in [0.05, 0.1) is 12.1 Å². The molecule has 0 aliphatic rings. The molecule has 0 saturated carbocycles. The molecule has 0 amide bonds. The fraction of sp³-hybridized carbons (Fsp3) is 0.111. The van der Waals surface area contributed by atoms with Gasteiger partial charge in [0, 0.05) is 18.6 Å².